The zero-order valence-corrected chi connectivity index (χ0v) is 16.9. The molecule has 2 aliphatic rings. The number of aromatic nitrogens is 2. The van der Waals surface area contributed by atoms with Gasteiger partial charge in [0.25, 0.3) is 0 Å². The molecule has 0 spiro atoms. The summed E-state index contributed by atoms with van der Waals surface area (Å²) in [7, 11) is 0. The number of hydrogen-bond acceptors (Lipinski definition) is 6. The van der Waals surface area contributed by atoms with Crippen molar-refractivity contribution >= 4 is 6.03 Å². The van der Waals surface area contributed by atoms with Crippen molar-refractivity contribution in [1.29, 1.82) is 0 Å². The molecule has 2 fully saturated rings. The van der Waals surface area contributed by atoms with Gasteiger partial charge < -0.3 is 19.5 Å². The van der Waals surface area contributed by atoms with E-state index >= 15 is 0 Å². The number of piperidine rings is 1. The van der Waals surface area contributed by atoms with E-state index in [0.29, 0.717) is 18.3 Å². The molecule has 2 saturated heterocycles. The van der Waals surface area contributed by atoms with Crippen LogP contribution in [0.3, 0.4) is 0 Å². The van der Waals surface area contributed by atoms with Gasteiger partial charge in [0.05, 0.1) is 25.2 Å². The van der Waals surface area contributed by atoms with Gasteiger partial charge in [0, 0.05) is 32.7 Å². The smallest absolute Gasteiger partial charge is 0.317 e. The van der Waals surface area contributed by atoms with Crippen molar-refractivity contribution in [3.8, 4) is 0 Å². The van der Waals surface area contributed by atoms with Gasteiger partial charge in [-0.1, -0.05) is 35.5 Å². The number of carbonyl (C=O) groups excluding carboxylic acids is 1. The van der Waals surface area contributed by atoms with Crippen LogP contribution in [0.2, 0.25) is 0 Å². The van der Waals surface area contributed by atoms with Crippen molar-refractivity contribution in [2.75, 3.05) is 45.9 Å². The number of amides is 2. The van der Waals surface area contributed by atoms with Crippen molar-refractivity contribution in [3.05, 3.63) is 47.6 Å². The molecule has 1 aromatic heterocycles. The number of hydrogen-bond donors (Lipinski definition) is 1. The molecule has 2 atom stereocenters. The summed E-state index contributed by atoms with van der Waals surface area (Å²) in [6.45, 7) is 7.21. The lowest BCUT2D eigenvalue weighted by molar-refractivity contribution is 0.0336. The molecule has 1 aromatic carbocycles. The van der Waals surface area contributed by atoms with Crippen LogP contribution in [0.5, 0.6) is 0 Å². The maximum absolute atomic E-state index is 13.1. The number of likely N-dealkylation sites (tertiary alicyclic amines) is 1. The van der Waals surface area contributed by atoms with E-state index in [9.17, 15) is 4.79 Å². The summed E-state index contributed by atoms with van der Waals surface area (Å²) < 4.78 is 10.8. The third-order valence-corrected chi connectivity index (χ3v) is 5.65. The Morgan fingerprint density at radius 1 is 1.24 bits per heavy atom. The number of carbonyl (C=O) groups is 1. The molecule has 1 N–H and O–H groups in total. The molecule has 29 heavy (non-hydrogen) atoms. The molecule has 3 heterocycles. The molecule has 8 heteroatoms. The maximum atomic E-state index is 13.1. The van der Waals surface area contributed by atoms with Gasteiger partial charge in [0.2, 0.25) is 5.89 Å². The molecule has 156 valence electrons. The Balaban J connectivity index is 1.42. The fourth-order valence-corrected chi connectivity index (χ4v) is 4.04. The summed E-state index contributed by atoms with van der Waals surface area (Å²) in [5, 5.41) is 7.16. The van der Waals surface area contributed by atoms with E-state index < -0.39 is 0 Å². The van der Waals surface area contributed by atoms with E-state index in [1.807, 2.05) is 30.0 Å². The van der Waals surface area contributed by atoms with Crippen LogP contribution in [0.4, 0.5) is 4.79 Å². The van der Waals surface area contributed by atoms with Gasteiger partial charge in [-0.3, -0.25) is 4.90 Å². The molecule has 0 bridgehead atoms. The number of urea groups is 1. The first-order valence-electron chi connectivity index (χ1n) is 10.4. The molecule has 2 aromatic rings. The molecular formula is C21H29N5O3. The number of rotatable bonds is 5. The van der Waals surface area contributed by atoms with Crippen molar-refractivity contribution in [3.63, 3.8) is 0 Å². The van der Waals surface area contributed by atoms with E-state index in [2.05, 4.69) is 32.5 Å². The number of nitrogens with zero attached hydrogens (tertiary/aromatic N) is 4. The van der Waals surface area contributed by atoms with Gasteiger partial charge in [-0.25, -0.2) is 4.79 Å². The van der Waals surface area contributed by atoms with Crippen LogP contribution in [0, 0.1) is 6.92 Å². The van der Waals surface area contributed by atoms with Gasteiger partial charge in [-0.05, 0) is 25.3 Å². The van der Waals surface area contributed by atoms with Crippen LogP contribution in [-0.2, 0) is 4.74 Å². The highest BCUT2D eigenvalue weighted by atomic mass is 16.5. The monoisotopic (exact) mass is 399 g/mol. The fourth-order valence-electron chi connectivity index (χ4n) is 4.04. The molecule has 4 rings (SSSR count). The largest absolute Gasteiger partial charge is 0.379 e. The van der Waals surface area contributed by atoms with Gasteiger partial charge >= 0.3 is 6.03 Å². The summed E-state index contributed by atoms with van der Waals surface area (Å²) in [5.74, 6) is 1.37. The van der Waals surface area contributed by atoms with Crippen LogP contribution in [0.15, 0.2) is 34.9 Å². The Hall–Kier alpha value is -2.45. The Morgan fingerprint density at radius 2 is 2.03 bits per heavy atom. The second-order valence-corrected chi connectivity index (χ2v) is 7.79. The molecule has 0 saturated carbocycles. The predicted molar refractivity (Wildman–Crippen MR) is 108 cm³/mol. The molecular weight excluding hydrogens is 370 g/mol. The average Bonchev–Trinajstić information content (AvgIpc) is 3.21. The quantitative estimate of drug-likeness (QED) is 0.831. The molecule has 0 aliphatic carbocycles. The highest BCUT2D eigenvalue weighted by molar-refractivity contribution is 5.75. The van der Waals surface area contributed by atoms with Crippen LogP contribution in [0.1, 0.15) is 42.1 Å². The van der Waals surface area contributed by atoms with Crippen LogP contribution < -0.4 is 5.32 Å². The predicted octanol–water partition coefficient (Wildman–Crippen LogP) is 2.34. The lowest BCUT2D eigenvalue weighted by atomic mass is 9.98. The minimum atomic E-state index is -0.0622. The van der Waals surface area contributed by atoms with Crippen molar-refractivity contribution in [1.82, 2.24) is 25.3 Å². The minimum Gasteiger partial charge on any atom is -0.379 e. The number of aryl methyl sites for hydroxylation is 1. The van der Waals surface area contributed by atoms with E-state index in [1.54, 1.807) is 0 Å². The van der Waals surface area contributed by atoms with Crippen LogP contribution in [0.25, 0.3) is 0 Å². The molecule has 0 radical (unpaired) electrons. The average molecular weight is 399 g/mol. The van der Waals surface area contributed by atoms with E-state index in [0.717, 1.165) is 57.8 Å². The minimum absolute atomic E-state index is 0.0342. The highest BCUT2D eigenvalue weighted by Crippen LogP contribution is 2.26. The van der Waals surface area contributed by atoms with Gasteiger partial charge in [0.15, 0.2) is 5.82 Å². The fraction of sp³-hybridized carbons (Fsp3) is 0.571. The standard InChI is InChI=1S/C21H29N5O3/c1-16-22-20(29-24-16)18-8-5-9-26(14-18)21(27)23-19(17-6-3-2-4-7-17)15-25-10-12-28-13-11-25/h2-4,6-7,18-19H,5,8-15H2,1H3,(H,23,27). The second-order valence-electron chi connectivity index (χ2n) is 7.79. The summed E-state index contributed by atoms with van der Waals surface area (Å²) in [5.41, 5.74) is 1.12. The second kappa shape index (κ2) is 9.37. The summed E-state index contributed by atoms with van der Waals surface area (Å²) >= 11 is 0. The normalized spacial score (nSPS) is 21.7. The Bertz CT molecular complexity index is 791. The summed E-state index contributed by atoms with van der Waals surface area (Å²) in [4.78, 5) is 21.7. The molecule has 2 amide bonds. The van der Waals surface area contributed by atoms with Crippen molar-refractivity contribution in [2.24, 2.45) is 0 Å². The lowest BCUT2D eigenvalue weighted by Gasteiger charge is -2.35. The molecule has 2 aliphatic heterocycles. The number of morpholine rings is 1. The van der Waals surface area contributed by atoms with Crippen molar-refractivity contribution < 1.29 is 14.1 Å². The van der Waals surface area contributed by atoms with E-state index in [1.165, 1.54) is 0 Å². The third-order valence-electron chi connectivity index (χ3n) is 5.65. The maximum Gasteiger partial charge on any atom is 0.317 e. The zero-order valence-electron chi connectivity index (χ0n) is 16.9. The van der Waals surface area contributed by atoms with Gasteiger partial charge in [0.1, 0.15) is 0 Å². The number of ether oxygens (including phenoxy) is 1. The Morgan fingerprint density at radius 3 is 2.76 bits per heavy atom. The molecule has 8 nitrogen and oxygen atoms in total. The van der Waals surface area contributed by atoms with E-state index in [-0.39, 0.29) is 18.0 Å². The first-order chi connectivity index (χ1) is 14.2. The number of benzene rings is 1. The number of nitrogens with one attached hydrogen (secondary N) is 1. The van der Waals surface area contributed by atoms with Gasteiger partial charge in [-0.2, -0.15) is 4.98 Å². The highest BCUT2D eigenvalue weighted by Gasteiger charge is 2.30. The first kappa shape index (κ1) is 19.8. The van der Waals surface area contributed by atoms with Crippen molar-refractivity contribution in [2.45, 2.75) is 31.7 Å². The topological polar surface area (TPSA) is 83.7 Å². The van der Waals surface area contributed by atoms with Crippen LogP contribution in [-0.4, -0.2) is 71.9 Å². The first-order valence-corrected chi connectivity index (χ1v) is 10.4. The lowest BCUT2D eigenvalue weighted by Crippen LogP contribution is -2.49. The third kappa shape index (κ3) is 5.13. The summed E-state index contributed by atoms with van der Waals surface area (Å²) in [6, 6.07) is 10.1. The zero-order chi connectivity index (χ0) is 20.1. The van der Waals surface area contributed by atoms with E-state index in [4.69, 9.17) is 9.26 Å². The van der Waals surface area contributed by atoms with Crippen LogP contribution >= 0.6 is 0 Å². The van der Waals surface area contributed by atoms with Gasteiger partial charge in [-0.15, -0.1) is 0 Å². The Kier molecular flexibility index (Phi) is 6.41. The SMILES string of the molecule is Cc1noc(C2CCCN(C(=O)NC(CN3CCOCC3)c3ccccc3)C2)n1. The molecule has 2 unspecified atom stereocenters. The summed E-state index contributed by atoms with van der Waals surface area (Å²) in [6.07, 6.45) is 1.89. The Labute approximate surface area is 171 Å².